The minimum atomic E-state index is 0.552. The summed E-state index contributed by atoms with van der Waals surface area (Å²) in [5.74, 6) is 0.552. The van der Waals surface area contributed by atoms with E-state index in [4.69, 9.17) is 5.73 Å². The second kappa shape index (κ2) is 4.92. The maximum atomic E-state index is 5.76. The molecule has 0 saturated heterocycles. The highest BCUT2D eigenvalue weighted by Gasteiger charge is 2.10. The number of aromatic nitrogens is 2. The van der Waals surface area contributed by atoms with Crippen LogP contribution in [0.5, 0.6) is 0 Å². The fourth-order valence-corrected chi connectivity index (χ4v) is 2.56. The van der Waals surface area contributed by atoms with Crippen LogP contribution in [0.25, 0.3) is 0 Å². The molecule has 0 radical (unpaired) electrons. The van der Waals surface area contributed by atoms with E-state index in [9.17, 15) is 0 Å². The Bertz CT molecular complexity index is 531. The lowest BCUT2D eigenvalue weighted by molar-refractivity contribution is 0.803. The number of rotatable bonds is 3. The number of benzene rings is 1. The van der Waals surface area contributed by atoms with Gasteiger partial charge in [-0.05, 0) is 41.3 Å². The first kappa shape index (κ1) is 12.2. The first-order valence-corrected chi connectivity index (χ1v) is 6.39. The molecule has 3 nitrogen and oxygen atoms in total. The molecule has 0 aliphatic heterocycles. The van der Waals surface area contributed by atoms with E-state index in [2.05, 4.69) is 52.1 Å². The molecule has 0 saturated carbocycles. The van der Waals surface area contributed by atoms with Crippen LogP contribution in [0, 0.1) is 6.92 Å². The summed E-state index contributed by atoms with van der Waals surface area (Å²) in [6.45, 7) is 2.11. The van der Waals surface area contributed by atoms with E-state index in [0.29, 0.717) is 5.95 Å². The third-order valence-corrected chi connectivity index (χ3v) is 3.57. The van der Waals surface area contributed by atoms with Gasteiger partial charge >= 0.3 is 0 Å². The number of nitrogens with two attached hydrogens (primary N) is 1. The number of anilines is 1. The Morgan fingerprint density at radius 1 is 1.35 bits per heavy atom. The first-order valence-electron chi connectivity index (χ1n) is 5.60. The number of nitrogens with zero attached hydrogens (tertiary/aromatic N) is 2. The van der Waals surface area contributed by atoms with Crippen LogP contribution >= 0.6 is 15.9 Å². The van der Waals surface area contributed by atoms with E-state index in [1.165, 1.54) is 11.1 Å². The molecule has 0 amide bonds. The zero-order valence-electron chi connectivity index (χ0n) is 10.1. The number of hydrogen-bond acceptors (Lipinski definition) is 2. The van der Waals surface area contributed by atoms with Gasteiger partial charge in [-0.3, -0.25) is 0 Å². The van der Waals surface area contributed by atoms with Crippen LogP contribution in [0.3, 0.4) is 0 Å². The molecule has 0 spiro atoms. The highest BCUT2D eigenvalue weighted by Crippen LogP contribution is 2.20. The van der Waals surface area contributed by atoms with Crippen molar-refractivity contribution in [1.29, 1.82) is 0 Å². The average Bonchev–Trinajstić information content (AvgIpc) is 2.51. The largest absolute Gasteiger partial charge is 0.369 e. The summed E-state index contributed by atoms with van der Waals surface area (Å²) in [4.78, 5) is 4.20. The van der Waals surface area contributed by atoms with Crippen LogP contribution in [0.15, 0.2) is 28.9 Å². The summed E-state index contributed by atoms with van der Waals surface area (Å²) in [5, 5.41) is 0. The Balaban J connectivity index is 2.12. The van der Waals surface area contributed by atoms with Gasteiger partial charge in [0.2, 0.25) is 5.95 Å². The van der Waals surface area contributed by atoms with Gasteiger partial charge in [-0.15, -0.1) is 0 Å². The maximum absolute atomic E-state index is 5.76. The molecule has 1 heterocycles. The molecule has 2 rings (SSSR count). The van der Waals surface area contributed by atoms with Gasteiger partial charge < -0.3 is 10.3 Å². The van der Waals surface area contributed by atoms with E-state index >= 15 is 0 Å². The Kier molecular flexibility index (Phi) is 3.52. The van der Waals surface area contributed by atoms with Crippen molar-refractivity contribution in [3.8, 4) is 0 Å². The molecule has 1 aromatic heterocycles. The van der Waals surface area contributed by atoms with E-state index in [1.807, 2.05) is 11.6 Å². The smallest absolute Gasteiger partial charge is 0.201 e. The quantitative estimate of drug-likeness (QED) is 0.946. The Morgan fingerprint density at radius 3 is 2.71 bits per heavy atom. The van der Waals surface area contributed by atoms with Crippen LogP contribution in [-0.4, -0.2) is 9.55 Å². The first-order chi connectivity index (χ1) is 8.08. The normalized spacial score (nSPS) is 10.8. The second-order valence-corrected chi connectivity index (χ2v) is 5.01. The second-order valence-electron chi connectivity index (χ2n) is 4.26. The van der Waals surface area contributed by atoms with Crippen LogP contribution in [0.1, 0.15) is 16.8 Å². The zero-order valence-corrected chi connectivity index (χ0v) is 11.7. The molecule has 0 atom stereocenters. The monoisotopic (exact) mass is 293 g/mol. The van der Waals surface area contributed by atoms with Crippen molar-refractivity contribution in [3.63, 3.8) is 0 Å². The molecule has 4 heteroatoms. The van der Waals surface area contributed by atoms with Gasteiger partial charge in [0.25, 0.3) is 0 Å². The van der Waals surface area contributed by atoms with E-state index in [-0.39, 0.29) is 0 Å². The van der Waals surface area contributed by atoms with Crippen LogP contribution in [0.4, 0.5) is 5.95 Å². The molecule has 0 unspecified atom stereocenters. The summed E-state index contributed by atoms with van der Waals surface area (Å²) in [5.41, 5.74) is 9.54. The predicted octanol–water partition coefficient (Wildman–Crippen LogP) is 2.86. The standard InChI is InChI=1S/C13H16BrN3/c1-9-4-3-5-10(8-9)6-7-11-12(14)16-13(15)17(11)2/h3-5,8H,6-7H2,1-2H3,(H2,15,16). The summed E-state index contributed by atoms with van der Waals surface area (Å²) >= 11 is 3.44. The fourth-order valence-electron chi connectivity index (χ4n) is 1.92. The molecular weight excluding hydrogens is 278 g/mol. The van der Waals surface area contributed by atoms with Crippen LogP contribution in [0.2, 0.25) is 0 Å². The average molecular weight is 294 g/mol. The fraction of sp³-hybridized carbons (Fsp3) is 0.308. The van der Waals surface area contributed by atoms with Crippen molar-refractivity contribution in [2.45, 2.75) is 19.8 Å². The Hall–Kier alpha value is -1.29. The van der Waals surface area contributed by atoms with E-state index in [1.54, 1.807) is 0 Å². The zero-order chi connectivity index (χ0) is 12.4. The molecule has 2 aromatic rings. The summed E-state index contributed by atoms with van der Waals surface area (Å²) < 4.78 is 2.78. The number of aryl methyl sites for hydroxylation is 2. The highest BCUT2D eigenvalue weighted by atomic mass is 79.9. The molecule has 2 N–H and O–H groups in total. The molecule has 0 aliphatic rings. The molecule has 90 valence electrons. The van der Waals surface area contributed by atoms with E-state index in [0.717, 1.165) is 23.1 Å². The van der Waals surface area contributed by atoms with Gasteiger partial charge in [0.15, 0.2) is 0 Å². The third kappa shape index (κ3) is 2.69. The molecule has 0 aliphatic carbocycles. The molecule has 17 heavy (non-hydrogen) atoms. The van der Waals surface area contributed by atoms with Crippen molar-refractivity contribution >= 4 is 21.9 Å². The Morgan fingerprint density at radius 2 is 2.12 bits per heavy atom. The van der Waals surface area contributed by atoms with Crippen molar-refractivity contribution in [2.75, 3.05) is 5.73 Å². The van der Waals surface area contributed by atoms with Crippen molar-refractivity contribution in [3.05, 3.63) is 45.7 Å². The van der Waals surface area contributed by atoms with Gasteiger partial charge in [-0.25, -0.2) is 4.98 Å². The number of halogens is 1. The van der Waals surface area contributed by atoms with Gasteiger partial charge in [0.05, 0.1) is 5.69 Å². The Labute approximate surface area is 110 Å². The van der Waals surface area contributed by atoms with Crippen LogP contribution < -0.4 is 5.73 Å². The summed E-state index contributed by atoms with van der Waals surface area (Å²) in [6.07, 6.45) is 1.93. The molecule has 0 bridgehead atoms. The minimum Gasteiger partial charge on any atom is -0.369 e. The number of imidazole rings is 1. The molecular formula is C13H16BrN3. The lowest BCUT2D eigenvalue weighted by atomic mass is 10.1. The van der Waals surface area contributed by atoms with E-state index < -0.39 is 0 Å². The minimum absolute atomic E-state index is 0.552. The van der Waals surface area contributed by atoms with Gasteiger partial charge in [0.1, 0.15) is 4.60 Å². The predicted molar refractivity (Wildman–Crippen MR) is 73.9 cm³/mol. The van der Waals surface area contributed by atoms with Gasteiger partial charge in [0, 0.05) is 7.05 Å². The van der Waals surface area contributed by atoms with Crippen LogP contribution in [-0.2, 0) is 19.9 Å². The molecule has 1 aromatic carbocycles. The lowest BCUT2D eigenvalue weighted by Gasteiger charge is -2.05. The summed E-state index contributed by atoms with van der Waals surface area (Å²) in [7, 11) is 1.94. The van der Waals surface area contributed by atoms with Gasteiger partial charge in [-0.2, -0.15) is 0 Å². The van der Waals surface area contributed by atoms with Crippen molar-refractivity contribution in [2.24, 2.45) is 7.05 Å². The molecule has 0 fully saturated rings. The number of nitrogen functional groups attached to an aromatic ring is 1. The topological polar surface area (TPSA) is 43.8 Å². The van der Waals surface area contributed by atoms with Crippen molar-refractivity contribution in [1.82, 2.24) is 9.55 Å². The summed E-state index contributed by atoms with van der Waals surface area (Å²) in [6, 6.07) is 8.58. The maximum Gasteiger partial charge on any atom is 0.201 e. The number of hydrogen-bond donors (Lipinski definition) is 1. The highest BCUT2D eigenvalue weighted by molar-refractivity contribution is 9.10. The SMILES string of the molecule is Cc1cccc(CCc2c(Br)nc(N)n2C)c1. The van der Waals surface area contributed by atoms with Gasteiger partial charge in [-0.1, -0.05) is 29.8 Å². The van der Waals surface area contributed by atoms with Crippen molar-refractivity contribution < 1.29 is 0 Å². The third-order valence-electron chi connectivity index (χ3n) is 2.93. The lowest BCUT2D eigenvalue weighted by Crippen LogP contribution is -2.03.